The molecule has 7 rings (SSSR count). The number of aliphatic hydroxyl groups is 1. The van der Waals surface area contributed by atoms with Crippen LogP contribution in [0.15, 0.2) is 90.5 Å². The van der Waals surface area contributed by atoms with Gasteiger partial charge in [0.2, 0.25) is 11.8 Å². The van der Waals surface area contributed by atoms with E-state index < -0.39 is 45.2 Å². The van der Waals surface area contributed by atoms with Crippen molar-refractivity contribution < 1.29 is 29.0 Å². The molecule has 0 aromatic heterocycles. The molecular weight excluding hydrogens is 629 g/mol. The number of carbonyl (C=O) groups is 4. The van der Waals surface area contributed by atoms with Crippen LogP contribution in [0, 0.1) is 17.8 Å². The second-order valence-corrected chi connectivity index (χ2v) is 13.4. The van der Waals surface area contributed by atoms with Crippen LogP contribution in [-0.2, 0) is 19.2 Å². The smallest absolute Gasteiger partial charge is 0.253 e. The third kappa shape index (κ3) is 4.40. The van der Waals surface area contributed by atoms with E-state index in [-0.39, 0.29) is 37.9 Å². The Hall–Kier alpha value is -4.18. The number of likely N-dealkylation sites (tertiary alicyclic amines) is 1. The lowest BCUT2D eigenvalue weighted by Gasteiger charge is -2.50. The Labute approximate surface area is 275 Å². The summed E-state index contributed by atoms with van der Waals surface area (Å²) in [6, 6.07) is 23.6. The van der Waals surface area contributed by atoms with Crippen molar-refractivity contribution in [2.75, 3.05) is 30.5 Å². The third-order valence-corrected chi connectivity index (χ3v) is 11.2. The molecule has 9 nitrogen and oxygen atoms in total. The van der Waals surface area contributed by atoms with Crippen molar-refractivity contribution in [2.45, 2.75) is 28.5 Å². The van der Waals surface area contributed by atoms with Gasteiger partial charge in [0.05, 0.1) is 24.1 Å². The molecule has 2 aliphatic carbocycles. The first-order valence-corrected chi connectivity index (χ1v) is 15.9. The topological polar surface area (TPSA) is 116 Å². The fraction of sp³-hybridized carbons (Fsp3) is 0.314. The predicted octanol–water partition coefficient (Wildman–Crippen LogP) is 4.99. The molecule has 46 heavy (non-hydrogen) atoms. The van der Waals surface area contributed by atoms with E-state index in [1.807, 2.05) is 48.5 Å². The fourth-order valence-corrected chi connectivity index (χ4v) is 8.69. The van der Waals surface area contributed by atoms with E-state index in [9.17, 15) is 19.2 Å². The van der Waals surface area contributed by atoms with Crippen LogP contribution in [0.3, 0.4) is 0 Å². The lowest BCUT2D eigenvalue weighted by atomic mass is 9.56. The Balaban J connectivity index is 1.25. The van der Waals surface area contributed by atoms with Gasteiger partial charge in [-0.05, 0) is 72.9 Å². The number of rotatable bonds is 7. The molecule has 2 heterocycles. The molecule has 3 aromatic rings. The summed E-state index contributed by atoms with van der Waals surface area (Å²) in [6.07, 6.45) is 2.12. The summed E-state index contributed by atoms with van der Waals surface area (Å²) < 4.78 is 5.52. The van der Waals surface area contributed by atoms with Gasteiger partial charge in [0.15, 0.2) is 9.75 Å². The molecule has 236 valence electrons. The number of nitrogens with one attached hydrogen (secondary N) is 1. The molecule has 4 amide bonds. The molecule has 6 unspecified atom stereocenters. The molecule has 1 saturated carbocycles. The number of para-hydroxylation sites is 1. The van der Waals surface area contributed by atoms with Crippen molar-refractivity contribution in [3.05, 3.63) is 96.1 Å². The summed E-state index contributed by atoms with van der Waals surface area (Å²) in [5, 5.41) is 12.4. The Bertz CT molecular complexity index is 1760. The van der Waals surface area contributed by atoms with Crippen molar-refractivity contribution in [2.24, 2.45) is 17.8 Å². The second-order valence-electron chi connectivity index (χ2n) is 12.2. The largest absolute Gasteiger partial charge is 0.491 e. The summed E-state index contributed by atoms with van der Waals surface area (Å²) >= 11 is 14.5. The number of nitrogens with zero attached hydrogens (tertiary/aromatic N) is 2. The molecule has 4 aliphatic rings. The molecule has 2 N–H and O–H groups in total. The number of aliphatic hydroxyl groups excluding tert-OH is 1. The highest BCUT2D eigenvalue weighted by Gasteiger charge is 2.75. The van der Waals surface area contributed by atoms with Crippen LogP contribution < -0.4 is 15.0 Å². The number of fused-ring (bicyclic) bond motifs is 4. The maximum absolute atomic E-state index is 14.2. The van der Waals surface area contributed by atoms with Crippen LogP contribution >= 0.6 is 23.2 Å². The molecule has 6 atom stereocenters. The van der Waals surface area contributed by atoms with Crippen molar-refractivity contribution in [1.82, 2.24) is 4.90 Å². The highest BCUT2D eigenvalue weighted by Crippen LogP contribution is 2.65. The lowest BCUT2D eigenvalue weighted by molar-refractivity contribution is -0.138. The molecule has 0 radical (unpaired) electrons. The first kappa shape index (κ1) is 30.5. The van der Waals surface area contributed by atoms with E-state index in [4.69, 9.17) is 33.0 Å². The number of benzene rings is 3. The van der Waals surface area contributed by atoms with Gasteiger partial charge in [-0.3, -0.25) is 29.0 Å². The van der Waals surface area contributed by atoms with Crippen molar-refractivity contribution in [1.29, 1.82) is 0 Å². The Morgan fingerprint density at radius 2 is 1.54 bits per heavy atom. The van der Waals surface area contributed by atoms with Crippen LogP contribution in [-0.4, -0.2) is 63.6 Å². The first-order valence-electron chi connectivity index (χ1n) is 15.1. The van der Waals surface area contributed by atoms with E-state index >= 15 is 0 Å². The van der Waals surface area contributed by atoms with Gasteiger partial charge in [0, 0.05) is 24.3 Å². The van der Waals surface area contributed by atoms with Crippen LogP contribution in [0.5, 0.6) is 5.75 Å². The summed E-state index contributed by atoms with van der Waals surface area (Å²) in [6.45, 7) is -0.0392. The maximum Gasteiger partial charge on any atom is 0.253 e. The van der Waals surface area contributed by atoms with Gasteiger partial charge < -0.3 is 15.2 Å². The van der Waals surface area contributed by atoms with Crippen molar-refractivity contribution in [3.63, 3.8) is 0 Å². The Kier molecular flexibility index (Phi) is 7.46. The highest BCUT2D eigenvalue weighted by atomic mass is 35.5. The minimum atomic E-state index is -1.85. The zero-order valence-corrected chi connectivity index (χ0v) is 26.4. The minimum absolute atomic E-state index is 0.0685. The summed E-state index contributed by atoms with van der Waals surface area (Å²) in [5.74, 6) is -4.30. The van der Waals surface area contributed by atoms with Gasteiger partial charge in [0.1, 0.15) is 12.4 Å². The van der Waals surface area contributed by atoms with Gasteiger partial charge in [-0.2, -0.15) is 0 Å². The summed E-state index contributed by atoms with van der Waals surface area (Å²) in [5.41, 5.74) is 3.50. The second kappa shape index (κ2) is 11.3. The van der Waals surface area contributed by atoms with E-state index in [0.717, 1.165) is 21.8 Å². The van der Waals surface area contributed by atoms with E-state index in [0.29, 0.717) is 17.0 Å². The summed E-state index contributed by atoms with van der Waals surface area (Å²) in [7, 11) is 1.36. The average molecular weight is 661 g/mol. The zero-order valence-electron chi connectivity index (χ0n) is 24.9. The fourth-order valence-electron chi connectivity index (χ4n) is 7.67. The maximum atomic E-state index is 14.2. The van der Waals surface area contributed by atoms with E-state index in [1.54, 1.807) is 36.4 Å². The lowest BCUT2D eigenvalue weighted by Crippen LogP contribution is -2.60. The molecule has 0 bridgehead atoms. The molecular formula is C35H31Cl2N3O6. The Morgan fingerprint density at radius 1 is 0.870 bits per heavy atom. The number of hydrogen-bond donors (Lipinski definition) is 2. The Morgan fingerprint density at radius 3 is 2.22 bits per heavy atom. The number of allylic oxidation sites excluding steroid dienone is 2. The SMILES string of the molecule is CN1C(=O)C2(Cl)CC3C(=CCC4C(=O)N(c5ccc(Nc6ccccc6)cc5)C(=O)C43)C(c3ccc(OCCO)cc3)C2(Cl)C1=O. The molecule has 0 spiro atoms. The van der Waals surface area contributed by atoms with Crippen LogP contribution in [0.2, 0.25) is 0 Å². The monoisotopic (exact) mass is 659 g/mol. The summed E-state index contributed by atoms with van der Waals surface area (Å²) in [4.78, 5) is 54.0. The van der Waals surface area contributed by atoms with Crippen LogP contribution in [0.1, 0.15) is 24.3 Å². The highest BCUT2D eigenvalue weighted by molar-refractivity contribution is 6.53. The average Bonchev–Trinajstić information content (AvgIpc) is 3.39. The zero-order chi connectivity index (χ0) is 32.4. The number of alkyl halides is 2. The van der Waals surface area contributed by atoms with Crippen molar-refractivity contribution in [3.8, 4) is 5.75 Å². The number of carbonyl (C=O) groups excluding carboxylic acids is 4. The molecule has 2 saturated heterocycles. The van der Waals surface area contributed by atoms with Crippen molar-refractivity contribution >= 4 is 63.9 Å². The van der Waals surface area contributed by atoms with Gasteiger partial charge in [0.25, 0.3) is 11.8 Å². The van der Waals surface area contributed by atoms with Crippen LogP contribution in [0.4, 0.5) is 17.1 Å². The number of imide groups is 2. The number of hydrogen-bond acceptors (Lipinski definition) is 7. The number of ether oxygens (including phenoxy) is 1. The molecule has 3 aromatic carbocycles. The van der Waals surface area contributed by atoms with Gasteiger partial charge in [-0.25, -0.2) is 0 Å². The van der Waals surface area contributed by atoms with Gasteiger partial charge in [-0.15, -0.1) is 23.2 Å². The van der Waals surface area contributed by atoms with E-state index in [2.05, 4.69) is 5.32 Å². The van der Waals surface area contributed by atoms with E-state index in [1.165, 1.54) is 11.9 Å². The standard InChI is InChI=1S/C35H31Cl2N3O6/c1-39-32(44)34(36)19-27-25(29(35(34,37)33(39)45)20-7-13-24(14-8-20)46-18-17-41)15-16-26-28(27)31(43)40(30(26)42)23-11-9-22(10-12-23)38-21-5-3-2-4-6-21/h2-15,26-29,38,41H,16-19H2,1H3. The number of anilines is 3. The predicted molar refractivity (Wildman–Crippen MR) is 173 cm³/mol. The van der Waals surface area contributed by atoms with Gasteiger partial charge in [-0.1, -0.05) is 42.0 Å². The number of halogens is 2. The third-order valence-electron chi connectivity index (χ3n) is 9.78. The molecule has 11 heteroatoms. The molecule has 2 aliphatic heterocycles. The number of amides is 4. The normalized spacial score (nSPS) is 30.1. The van der Waals surface area contributed by atoms with Gasteiger partial charge >= 0.3 is 0 Å². The first-order chi connectivity index (χ1) is 22.1. The van der Waals surface area contributed by atoms with Crippen LogP contribution in [0.25, 0.3) is 0 Å². The molecule has 3 fully saturated rings. The quantitative estimate of drug-likeness (QED) is 0.208. The minimum Gasteiger partial charge on any atom is -0.491 e.